The molecule has 0 saturated carbocycles. The van der Waals surface area contributed by atoms with Crippen LogP contribution in [-0.4, -0.2) is 11.1 Å². The van der Waals surface area contributed by atoms with Gasteiger partial charge in [0.05, 0.1) is 5.69 Å². The number of benzene rings is 1. The molecule has 3 nitrogen and oxygen atoms in total. The van der Waals surface area contributed by atoms with Gasteiger partial charge in [-0.3, -0.25) is 0 Å². The van der Waals surface area contributed by atoms with E-state index in [2.05, 4.69) is 5.32 Å². The molecule has 0 bridgehead atoms. The highest BCUT2D eigenvalue weighted by Gasteiger charge is 2.09. The number of nitrogens with one attached hydrogen (secondary N) is 1. The molecule has 1 rings (SSSR count). The predicted octanol–water partition coefficient (Wildman–Crippen LogP) is 2.11. The molecule has 80 valence electrons. The quantitative estimate of drug-likeness (QED) is 0.602. The van der Waals surface area contributed by atoms with Crippen molar-refractivity contribution in [2.45, 2.75) is 0 Å². The Morgan fingerprint density at radius 1 is 1.33 bits per heavy atom. The molecule has 0 radical (unpaired) electrons. The molecule has 1 aromatic rings. The first-order chi connectivity index (χ1) is 7.00. The topological polar surface area (TPSA) is 49.3 Å². The molecule has 0 atom stereocenters. The number of hydrogen-bond acceptors (Lipinski definition) is 2. The lowest BCUT2D eigenvalue weighted by molar-refractivity contribution is -0.131. The summed E-state index contributed by atoms with van der Waals surface area (Å²) in [5.74, 6) is -4.84. The SMILES string of the molecule is O=C(O)/C=C/Nc1cc(F)cc(F)c1F. The Morgan fingerprint density at radius 3 is 2.60 bits per heavy atom. The number of rotatable bonds is 3. The molecular formula is C9H6F3NO2. The number of carboxylic acids is 1. The van der Waals surface area contributed by atoms with Crippen LogP contribution in [0, 0.1) is 17.5 Å². The molecule has 1 aromatic carbocycles. The molecule has 0 heterocycles. The van der Waals surface area contributed by atoms with Gasteiger partial charge in [0.15, 0.2) is 11.6 Å². The Morgan fingerprint density at radius 2 is 2.00 bits per heavy atom. The molecule has 0 aliphatic carbocycles. The molecule has 6 heteroatoms. The standard InChI is InChI=1S/C9H6F3NO2/c10-5-3-6(11)9(12)7(4-5)13-2-1-8(14)15/h1-4,13H,(H,14,15)/b2-1+. The summed E-state index contributed by atoms with van der Waals surface area (Å²) in [6, 6.07) is 1.10. The van der Waals surface area contributed by atoms with Gasteiger partial charge in [0, 0.05) is 24.4 Å². The van der Waals surface area contributed by atoms with Crippen molar-refractivity contribution in [3.05, 3.63) is 41.9 Å². The zero-order chi connectivity index (χ0) is 11.4. The molecule has 0 unspecified atom stereocenters. The number of anilines is 1. The fraction of sp³-hybridized carbons (Fsp3) is 0. The van der Waals surface area contributed by atoms with E-state index in [-0.39, 0.29) is 0 Å². The second kappa shape index (κ2) is 4.50. The zero-order valence-corrected chi connectivity index (χ0v) is 7.30. The fourth-order valence-corrected chi connectivity index (χ4v) is 0.864. The van der Waals surface area contributed by atoms with Crippen molar-refractivity contribution in [3.8, 4) is 0 Å². The highest BCUT2D eigenvalue weighted by Crippen LogP contribution is 2.18. The van der Waals surface area contributed by atoms with Gasteiger partial charge >= 0.3 is 5.97 Å². The van der Waals surface area contributed by atoms with Crippen molar-refractivity contribution in [1.29, 1.82) is 0 Å². The van der Waals surface area contributed by atoms with Gasteiger partial charge in [-0.15, -0.1) is 0 Å². The van der Waals surface area contributed by atoms with Crippen molar-refractivity contribution in [3.63, 3.8) is 0 Å². The van der Waals surface area contributed by atoms with Gasteiger partial charge in [0.2, 0.25) is 0 Å². The van der Waals surface area contributed by atoms with Crippen LogP contribution in [0.2, 0.25) is 0 Å². The van der Waals surface area contributed by atoms with E-state index in [0.29, 0.717) is 18.2 Å². The molecule has 0 amide bonds. The Labute approximate surface area is 82.8 Å². The lowest BCUT2D eigenvalue weighted by atomic mass is 10.3. The van der Waals surface area contributed by atoms with E-state index in [9.17, 15) is 18.0 Å². The van der Waals surface area contributed by atoms with Crippen LogP contribution < -0.4 is 5.32 Å². The smallest absolute Gasteiger partial charge is 0.329 e. The summed E-state index contributed by atoms with van der Waals surface area (Å²) in [6.45, 7) is 0. The molecule has 0 spiro atoms. The molecule has 0 fully saturated rings. The zero-order valence-electron chi connectivity index (χ0n) is 7.30. The summed E-state index contributed by atoms with van der Waals surface area (Å²) in [4.78, 5) is 10.0. The van der Waals surface area contributed by atoms with Gasteiger partial charge in [0.1, 0.15) is 5.82 Å². The van der Waals surface area contributed by atoms with Gasteiger partial charge in [0.25, 0.3) is 0 Å². The van der Waals surface area contributed by atoms with Crippen LogP contribution in [0.3, 0.4) is 0 Å². The van der Waals surface area contributed by atoms with Gasteiger partial charge < -0.3 is 10.4 Å². The van der Waals surface area contributed by atoms with E-state index in [0.717, 1.165) is 6.20 Å². The highest BCUT2D eigenvalue weighted by molar-refractivity contribution is 5.80. The minimum Gasteiger partial charge on any atom is -0.478 e. The second-order valence-corrected chi connectivity index (χ2v) is 2.57. The van der Waals surface area contributed by atoms with E-state index in [1.54, 1.807) is 0 Å². The lowest BCUT2D eigenvalue weighted by Gasteiger charge is -2.03. The van der Waals surface area contributed by atoms with Gasteiger partial charge in [-0.2, -0.15) is 0 Å². The van der Waals surface area contributed by atoms with Crippen molar-refractivity contribution >= 4 is 11.7 Å². The van der Waals surface area contributed by atoms with Crippen LogP contribution in [0.15, 0.2) is 24.4 Å². The Hall–Kier alpha value is -1.98. The van der Waals surface area contributed by atoms with Gasteiger partial charge in [-0.05, 0) is 0 Å². The number of carboxylic acid groups (broad SMARTS) is 1. The molecular weight excluding hydrogens is 211 g/mol. The largest absolute Gasteiger partial charge is 0.478 e. The Kier molecular flexibility index (Phi) is 3.33. The van der Waals surface area contributed by atoms with Crippen LogP contribution in [0.4, 0.5) is 18.9 Å². The van der Waals surface area contributed by atoms with Crippen molar-refractivity contribution in [2.24, 2.45) is 0 Å². The van der Waals surface area contributed by atoms with Crippen molar-refractivity contribution in [2.75, 3.05) is 5.32 Å². The minimum atomic E-state index is -1.35. The maximum Gasteiger partial charge on any atom is 0.329 e. The number of aliphatic carboxylic acids is 1. The third-order valence-corrected chi connectivity index (χ3v) is 1.46. The first kappa shape index (κ1) is 11.1. The maximum atomic E-state index is 12.9. The summed E-state index contributed by atoms with van der Waals surface area (Å²) in [5, 5.41) is 10.3. The van der Waals surface area contributed by atoms with Crippen LogP contribution in [-0.2, 0) is 4.79 Å². The summed E-state index contributed by atoms with van der Waals surface area (Å²) in [7, 11) is 0. The third kappa shape index (κ3) is 3.01. The monoisotopic (exact) mass is 217 g/mol. The number of hydrogen-bond donors (Lipinski definition) is 2. The lowest BCUT2D eigenvalue weighted by Crippen LogP contribution is -1.98. The maximum absolute atomic E-state index is 12.9. The molecule has 0 aromatic heterocycles. The molecule has 15 heavy (non-hydrogen) atoms. The van der Waals surface area contributed by atoms with Crippen molar-refractivity contribution in [1.82, 2.24) is 0 Å². The fourth-order valence-electron chi connectivity index (χ4n) is 0.864. The van der Waals surface area contributed by atoms with Crippen LogP contribution in [0.1, 0.15) is 0 Å². The summed E-state index contributed by atoms with van der Waals surface area (Å²) in [6.07, 6.45) is 1.53. The second-order valence-electron chi connectivity index (χ2n) is 2.57. The number of carbonyl (C=O) groups is 1. The first-order valence-electron chi connectivity index (χ1n) is 3.81. The minimum absolute atomic E-state index is 0.390. The van der Waals surface area contributed by atoms with Crippen LogP contribution in [0.25, 0.3) is 0 Å². The predicted molar refractivity (Wildman–Crippen MR) is 46.7 cm³/mol. The van der Waals surface area contributed by atoms with Crippen molar-refractivity contribution < 1.29 is 23.1 Å². The van der Waals surface area contributed by atoms with E-state index < -0.39 is 29.1 Å². The molecule has 0 aliphatic heterocycles. The third-order valence-electron chi connectivity index (χ3n) is 1.46. The van der Waals surface area contributed by atoms with Crippen LogP contribution in [0.5, 0.6) is 0 Å². The van der Waals surface area contributed by atoms with Gasteiger partial charge in [-0.1, -0.05) is 0 Å². The number of halogens is 3. The molecule has 2 N–H and O–H groups in total. The average Bonchev–Trinajstić information content (AvgIpc) is 2.12. The van der Waals surface area contributed by atoms with E-state index in [1.165, 1.54) is 0 Å². The molecule has 0 saturated heterocycles. The van der Waals surface area contributed by atoms with E-state index in [4.69, 9.17) is 5.11 Å². The van der Waals surface area contributed by atoms with E-state index in [1.807, 2.05) is 0 Å². The summed E-state index contributed by atoms with van der Waals surface area (Å²) in [5.41, 5.74) is -0.468. The summed E-state index contributed by atoms with van der Waals surface area (Å²) >= 11 is 0. The molecule has 0 aliphatic rings. The highest BCUT2D eigenvalue weighted by atomic mass is 19.2. The van der Waals surface area contributed by atoms with Crippen LogP contribution >= 0.6 is 0 Å². The summed E-state index contributed by atoms with van der Waals surface area (Å²) < 4.78 is 38.2. The van der Waals surface area contributed by atoms with Gasteiger partial charge in [-0.25, -0.2) is 18.0 Å². The Bertz CT molecular complexity index is 418. The van der Waals surface area contributed by atoms with E-state index >= 15 is 0 Å². The Balaban J connectivity index is 2.90. The normalized spacial score (nSPS) is 10.6. The first-order valence-corrected chi connectivity index (χ1v) is 3.81. The average molecular weight is 217 g/mol.